The van der Waals surface area contributed by atoms with E-state index in [2.05, 4.69) is 18.3 Å². The Morgan fingerprint density at radius 1 is 1.43 bits per heavy atom. The van der Waals surface area contributed by atoms with E-state index in [0.29, 0.717) is 19.1 Å². The average molecular weight is 290 g/mol. The molecule has 0 aliphatic carbocycles. The van der Waals surface area contributed by atoms with E-state index in [9.17, 15) is 4.79 Å². The second-order valence-electron chi connectivity index (χ2n) is 5.81. The molecule has 1 aromatic carbocycles. The van der Waals surface area contributed by atoms with Crippen molar-refractivity contribution in [2.45, 2.75) is 39.2 Å². The second kappa shape index (κ2) is 7.46. The summed E-state index contributed by atoms with van der Waals surface area (Å²) >= 11 is 0. The predicted octanol–water partition coefficient (Wildman–Crippen LogP) is 2.28. The number of carbonyl (C=O) groups excluding carboxylic acids is 1. The monoisotopic (exact) mass is 290 g/mol. The van der Waals surface area contributed by atoms with Crippen LogP contribution >= 0.6 is 0 Å². The molecule has 1 saturated heterocycles. The highest BCUT2D eigenvalue weighted by atomic mass is 16.5. The smallest absolute Gasteiger partial charge is 0.226 e. The highest BCUT2D eigenvalue weighted by molar-refractivity contribution is 5.77. The number of aryl methyl sites for hydroxylation is 2. The van der Waals surface area contributed by atoms with Crippen LogP contribution in [-0.4, -0.2) is 43.6 Å². The number of carbonyl (C=O) groups is 1. The number of likely N-dealkylation sites (tertiary alicyclic amines) is 1. The van der Waals surface area contributed by atoms with Crippen LogP contribution in [0.2, 0.25) is 0 Å². The molecule has 0 saturated carbocycles. The van der Waals surface area contributed by atoms with E-state index in [1.165, 1.54) is 5.56 Å². The summed E-state index contributed by atoms with van der Waals surface area (Å²) in [5.41, 5.74) is 2.35. The zero-order chi connectivity index (χ0) is 15.2. The van der Waals surface area contributed by atoms with Crippen LogP contribution in [0.15, 0.2) is 18.2 Å². The summed E-state index contributed by atoms with van der Waals surface area (Å²) in [6.07, 6.45) is 2.66. The summed E-state index contributed by atoms with van der Waals surface area (Å²) in [5.74, 6) is 1.08. The molecule has 4 nitrogen and oxygen atoms in total. The molecule has 21 heavy (non-hydrogen) atoms. The lowest BCUT2D eigenvalue weighted by molar-refractivity contribution is -0.132. The SMILES string of the molecule is CNC[C@H]1CCCN1C(=O)CCOc1ccc(C)cc1C. The molecule has 0 aromatic heterocycles. The Labute approximate surface area is 127 Å². The molecule has 0 bridgehead atoms. The van der Waals surface area contributed by atoms with Crippen molar-refractivity contribution in [2.24, 2.45) is 0 Å². The third-order valence-electron chi connectivity index (χ3n) is 4.04. The number of nitrogens with zero attached hydrogens (tertiary/aromatic N) is 1. The Balaban J connectivity index is 1.81. The van der Waals surface area contributed by atoms with Gasteiger partial charge in [0.1, 0.15) is 5.75 Å². The van der Waals surface area contributed by atoms with Crippen LogP contribution in [0.3, 0.4) is 0 Å². The first kappa shape index (κ1) is 15.8. The van der Waals surface area contributed by atoms with Crippen molar-refractivity contribution in [3.63, 3.8) is 0 Å². The number of nitrogens with one attached hydrogen (secondary N) is 1. The van der Waals surface area contributed by atoms with Gasteiger partial charge in [0, 0.05) is 19.1 Å². The van der Waals surface area contributed by atoms with Crippen LogP contribution in [0, 0.1) is 13.8 Å². The third kappa shape index (κ3) is 4.21. The number of amides is 1. The lowest BCUT2D eigenvalue weighted by atomic mass is 10.1. The number of likely N-dealkylation sites (N-methyl/N-ethyl adjacent to an activating group) is 1. The zero-order valence-electron chi connectivity index (χ0n) is 13.3. The molecule has 4 heteroatoms. The molecule has 1 atom stereocenters. The predicted molar refractivity (Wildman–Crippen MR) is 84.7 cm³/mol. The van der Waals surface area contributed by atoms with E-state index in [4.69, 9.17) is 4.74 Å². The molecule has 1 aromatic rings. The Hall–Kier alpha value is -1.55. The van der Waals surface area contributed by atoms with Gasteiger partial charge in [-0.3, -0.25) is 4.79 Å². The maximum atomic E-state index is 12.3. The van der Waals surface area contributed by atoms with Crippen molar-refractivity contribution < 1.29 is 9.53 Å². The minimum absolute atomic E-state index is 0.206. The fourth-order valence-corrected chi connectivity index (χ4v) is 2.97. The minimum atomic E-state index is 0.206. The molecular weight excluding hydrogens is 264 g/mol. The Morgan fingerprint density at radius 2 is 2.24 bits per heavy atom. The zero-order valence-corrected chi connectivity index (χ0v) is 13.3. The van der Waals surface area contributed by atoms with Crippen LogP contribution in [0.25, 0.3) is 0 Å². The topological polar surface area (TPSA) is 41.6 Å². The van der Waals surface area contributed by atoms with Gasteiger partial charge in [0.25, 0.3) is 0 Å². The Bertz CT molecular complexity index is 488. The van der Waals surface area contributed by atoms with Gasteiger partial charge in [-0.15, -0.1) is 0 Å². The largest absolute Gasteiger partial charge is 0.493 e. The fourth-order valence-electron chi connectivity index (χ4n) is 2.97. The summed E-state index contributed by atoms with van der Waals surface area (Å²) in [7, 11) is 1.93. The molecule has 1 amide bonds. The van der Waals surface area contributed by atoms with E-state index >= 15 is 0 Å². The van der Waals surface area contributed by atoms with Gasteiger partial charge < -0.3 is 15.0 Å². The van der Waals surface area contributed by atoms with Crippen molar-refractivity contribution in [1.29, 1.82) is 0 Å². The number of benzene rings is 1. The standard InChI is InChI=1S/C17H26N2O2/c1-13-6-7-16(14(2)11-13)21-10-8-17(20)19-9-4-5-15(19)12-18-3/h6-7,11,15,18H,4-5,8-10,12H2,1-3H3/t15-/m1/s1. The van der Waals surface area contributed by atoms with Gasteiger partial charge in [0.05, 0.1) is 13.0 Å². The van der Waals surface area contributed by atoms with Crippen LogP contribution < -0.4 is 10.1 Å². The summed E-state index contributed by atoms with van der Waals surface area (Å²) in [6, 6.07) is 6.46. The van der Waals surface area contributed by atoms with Gasteiger partial charge in [-0.1, -0.05) is 17.7 Å². The van der Waals surface area contributed by atoms with Crippen LogP contribution in [-0.2, 0) is 4.79 Å². The number of hydrogen-bond donors (Lipinski definition) is 1. The van der Waals surface area contributed by atoms with Gasteiger partial charge >= 0.3 is 0 Å². The highest BCUT2D eigenvalue weighted by Crippen LogP contribution is 2.20. The van der Waals surface area contributed by atoms with Crippen molar-refractivity contribution >= 4 is 5.91 Å². The Kier molecular flexibility index (Phi) is 5.62. The molecule has 0 spiro atoms. The first-order valence-corrected chi connectivity index (χ1v) is 7.76. The van der Waals surface area contributed by atoms with E-state index in [1.54, 1.807) is 0 Å². The van der Waals surface area contributed by atoms with E-state index in [0.717, 1.165) is 37.2 Å². The van der Waals surface area contributed by atoms with Gasteiger partial charge in [-0.2, -0.15) is 0 Å². The third-order valence-corrected chi connectivity index (χ3v) is 4.04. The molecule has 0 radical (unpaired) electrons. The average Bonchev–Trinajstić information content (AvgIpc) is 2.90. The van der Waals surface area contributed by atoms with Gasteiger partial charge in [0.15, 0.2) is 0 Å². The molecule has 1 N–H and O–H groups in total. The normalized spacial score (nSPS) is 18.0. The number of ether oxygens (including phenoxy) is 1. The van der Waals surface area contributed by atoms with E-state index < -0.39 is 0 Å². The molecule has 1 aliphatic rings. The Morgan fingerprint density at radius 3 is 2.95 bits per heavy atom. The molecule has 1 aliphatic heterocycles. The quantitative estimate of drug-likeness (QED) is 0.874. The lowest BCUT2D eigenvalue weighted by Crippen LogP contribution is -2.41. The van der Waals surface area contributed by atoms with Crippen LogP contribution in [0.4, 0.5) is 0 Å². The maximum absolute atomic E-state index is 12.3. The van der Waals surface area contributed by atoms with Crippen molar-refractivity contribution in [3.05, 3.63) is 29.3 Å². The van der Waals surface area contributed by atoms with Gasteiger partial charge in [-0.25, -0.2) is 0 Å². The fraction of sp³-hybridized carbons (Fsp3) is 0.588. The molecule has 1 heterocycles. The summed E-state index contributed by atoms with van der Waals surface area (Å²) in [4.78, 5) is 14.3. The van der Waals surface area contributed by atoms with Gasteiger partial charge in [0.2, 0.25) is 5.91 Å². The summed E-state index contributed by atoms with van der Waals surface area (Å²) in [6.45, 7) is 6.31. The summed E-state index contributed by atoms with van der Waals surface area (Å²) < 4.78 is 5.75. The lowest BCUT2D eigenvalue weighted by Gasteiger charge is -2.24. The maximum Gasteiger partial charge on any atom is 0.226 e. The van der Waals surface area contributed by atoms with Crippen molar-refractivity contribution in [1.82, 2.24) is 10.2 Å². The molecule has 2 rings (SSSR count). The molecule has 1 fully saturated rings. The first-order chi connectivity index (χ1) is 10.1. The number of hydrogen-bond acceptors (Lipinski definition) is 3. The molecule has 116 valence electrons. The molecular formula is C17H26N2O2. The minimum Gasteiger partial charge on any atom is -0.493 e. The molecule has 0 unspecified atom stereocenters. The van der Waals surface area contributed by atoms with E-state index in [-0.39, 0.29) is 5.91 Å². The van der Waals surface area contributed by atoms with Gasteiger partial charge in [-0.05, 0) is 45.4 Å². The van der Waals surface area contributed by atoms with Crippen LogP contribution in [0.1, 0.15) is 30.4 Å². The summed E-state index contributed by atoms with van der Waals surface area (Å²) in [5, 5.41) is 3.16. The van der Waals surface area contributed by atoms with Crippen molar-refractivity contribution in [3.8, 4) is 5.75 Å². The highest BCUT2D eigenvalue weighted by Gasteiger charge is 2.27. The van der Waals surface area contributed by atoms with Crippen LogP contribution in [0.5, 0.6) is 5.75 Å². The second-order valence-corrected chi connectivity index (χ2v) is 5.81. The number of rotatable bonds is 6. The first-order valence-electron chi connectivity index (χ1n) is 7.76. The van der Waals surface area contributed by atoms with Crippen molar-refractivity contribution in [2.75, 3.05) is 26.7 Å². The van der Waals surface area contributed by atoms with E-state index in [1.807, 2.05) is 31.0 Å².